The summed E-state index contributed by atoms with van der Waals surface area (Å²) in [6.07, 6.45) is 1.51. The third-order valence-electron chi connectivity index (χ3n) is 6.67. The largest absolute Gasteiger partial charge is 0.380 e. The molecule has 2 N–H and O–H groups in total. The predicted octanol–water partition coefficient (Wildman–Crippen LogP) is 4.49. The number of nitro groups is 1. The van der Waals surface area contributed by atoms with Gasteiger partial charge in [-0.1, -0.05) is 60.7 Å². The molecule has 0 aromatic heterocycles. The van der Waals surface area contributed by atoms with Crippen LogP contribution in [0.1, 0.15) is 29.5 Å². The van der Waals surface area contributed by atoms with Crippen molar-refractivity contribution >= 4 is 17.3 Å². The van der Waals surface area contributed by atoms with Crippen LogP contribution in [0.25, 0.3) is 0 Å². The zero-order valence-corrected chi connectivity index (χ0v) is 19.2. The quantitative estimate of drug-likeness (QED) is 0.401. The molecular weight excluding hydrogens is 430 g/mol. The smallest absolute Gasteiger partial charge is 0.269 e. The van der Waals surface area contributed by atoms with Gasteiger partial charge in [0.15, 0.2) is 0 Å². The van der Waals surface area contributed by atoms with E-state index in [9.17, 15) is 20.0 Å². The lowest BCUT2D eigenvalue weighted by molar-refractivity contribution is -0.384. The standard InChI is InChI=1S/C27H29N3O4/c1-20-18-24(30(33)34)12-13-25(20)28-26(31)19-29-16-14-23(15-17-29)27(32,21-8-4-2-5-9-21)22-10-6-3-7-11-22/h2-13,18,23,32H,14-17,19H2,1H3,(H,28,31). The summed E-state index contributed by atoms with van der Waals surface area (Å²) < 4.78 is 0. The highest BCUT2D eigenvalue weighted by molar-refractivity contribution is 5.93. The fourth-order valence-corrected chi connectivity index (χ4v) is 4.83. The predicted molar refractivity (Wildman–Crippen MR) is 132 cm³/mol. The summed E-state index contributed by atoms with van der Waals surface area (Å²) in [5.41, 5.74) is 1.90. The van der Waals surface area contributed by atoms with Crippen LogP contribution in [0.15, 0.2) is 78.9 Å². The van der Waals surface area contributed by atoms with Gasteiger partial charge in [0.2, 0.25) is 5.91 Å². The molecule has 7 nitrogen and oxygen atoms in total. The Morgan fingerprint density at radius 3 is 2.09 bits per heavy atom. The minimum Gasteiger partial charge on any atom is -0.380 e. The molecule has 0 aliphatic carbocycles. The fourth-order valence-electron chi connectivity index (χ4n) is 4.83. The monoisotopic (exact) mass is 459 g/mol. The normalized spacial score (nSPS) is 15.1. The molecule has 176 valence electrons. The maximum Gasteiger partial charge on any atom is 0.269 e. The molecule has 0 bridgehead atoms. The molecule has 0 unspecified atom stereocenters. The first kappa shape index (κ1) is 23.6. The molecule has 1 aliphatic heterocycles. The lowest BCUT2D eigenvalue weighted by Crippen LogP contribution is -2.46. The van der Waals surface area contributed by atoms with Crippen LogP contribution in [-0.2, 0) is 10.4 Å². The number of non-ortho nitro benzene ring substituents is 1. The van der Waals surface area contributed by atoms with Gasteiger partial charge in [0, 0.05) is 17.8 Å². The number of carbonyl (C=O) groups is 1. The highest BCUT2D eigenvalue weighted by Gasteiger charge is 2.41. The van der Waals surface area contributed by atoms with Crippen LogP contribution in [0.5, 0.6) is 0 Å². The first-order valence-corrected chi connectivity index (χ1v) is 11.5. The number of likely N-dealkylation sites (tertiary alicyclic amines) is 1. The van der Waals surface area contributed by atoms with Gasteiger partial charge in [-0.3, -0.25) is 19.8 Å². The van der Waals surface area contributed by atoms with Crippen molar-refractivity contribution in [2.75, 3.05) is 25.0 Å². The van der Waals surface area contributed by atoms with E-state index >= 15 is 0 Å². The van der Waals surface area contributed by atoms with Gasteiger partial charge in [0.05, 0.1) is 11.5 Å². The van der Waals surface area contributed by atoms with Crippen molar-refractivity contribution < 1.29 is 14.8 Å². The Kier molecular flexibility index (Phi) is 7.05. The molecule has 1 aliphatic rings. The number of nitro benzene ring substituents is 1. The molecule has 7 heteroatoms. The summed E-state index contributed by atoms with van der Waals surface area (Å²) in [5.74, 6) is -0.134. The van der Waals surface area contributed by atoms with Gasteiger partial charge in [-0.05, 0) is 61.5 Å². The number of hydrogen-bond donors (Lipinski definition) is 2. The number of amides is 1. The Bertz CT molecular complexity index is 1100. The summed E-state index contributed by atoms with van der Waals surface area (Å²) in [6, 6.07) is 24.0. The topological polar surface area (TPSA) is 95.7 Å². The molecule has 0 spiro atoms. The minimum absolute atomic E-state index is 0.00175. The lowest BCUT2D eigenvalue weighted by atomic mass is 9.72. The number of piperidine rings is 1. The number of hydrogen-bond acceptors (Lipinski definition) is 5. The van der Waals surface area contributed by atoms with E-state index in [0.717, 1.165) is 24.0 Å². The number of nitrogens with zero attached hydrogens (tertiary/aromatic N) is 2. The van der Waals surface area contributed by atoms with Gasteiger partial charge in [-0.25, -0.2) is 0 Å². The highest BCUT2D eigenvalue weighted by atomic mass is 16.6. The van der Waals surface area contributed by atoms with Crippen molar-refractivity contribution in [2.45, 2.75) is 25.4 Å². The van der Waals surface area contributed by atoms with Gasteiger partial charge in [-0.15, -0.1) is 0 Å². The Hall–Kier alpha value is -3.55. The van der Waals surface area contributed by atoms with E-state index in [1.807, 2.05) is 60.7 Å². The molecule has 1 amide bonds. The van der Waals surface area contributed by atoms with Gasteiger partial charge in [-0.2, -0.15) is 0 Å². The summed E-state index contributed by atoms with van der Waals surface area (Å²) >= 11 is 0. The van der Waals surface area contributed by atoms with Crippen LogP contribution in [0.3, 0.4) is 0 Å². The molecule has 1 saturated heterocycles. The van der Waals surface area contributed by atoms with Crippen molar-refractivity contribution in [2.24, 2.45) is 5.92 Å². The Morgan fingerprint density at radius 2 is 1.59 bits per heavy atom. The van der Waals surface area contributed by atoms with Gasteiger partial charge in [0.1, 0.15) is 5.60 Å². The maximum absolute atomic E-state index is 12.6. The number of anilines is 1. The van der Waals surface area contributed by atoms with E-state index in [-0.39, 0.29) is 24.1 Å². The average Bonchev–Trinajstić information content (AvgIpc) is 2.86. The first-order valence-electron chi connectivity index (χ1n) is 11.5. The summed E-state index contributed by atoms with van der Waals surface area (Å²) in [7, 11) is 0. The molecule has 0 atom stereocenters. The van der Waals surface area contributed by atoms with E-state index < -0.39 is 10.5 Å². The van der Waals surface area contributed by atoms with Crippen LogP contribution < -0.4 is 5.32 Å². The first-order chi connectivity index (χ1) is 16.4. The van der Waals surface area contributed by atoms with Crippen molar-refractivity contribution in [3.05, 3.63) is 106 Å². The highest BCUT2D eigenvalue weighted by Crippen LogP contribution is 2.41. The minimum atomic E-state index is -1.09. The molecule has 0 radical (unpaired) electrons. The van der Waals surface area contributed by atoms with Crippen LogP contribution in [-0.4, -0.2) is 40.5 Å². The molecule has 1 heterocycles. The van der Waals surface area contributed by atoms with Crippen molar-refractivity contribution in [1.29, 1.82) is 0 Å². The van der Waals surface area contributed by atoms with Gasteiger partial charge >= 0.3 is 0 Å². The SMILES string of the molecule is Cc1cc([N+](=O)[O-])ccc1NC(=O)CN1CCC(C(O)(c2ccccc2)c2ccccc2)CC1. The van der Waals surface area contributed by atoms with Crippen molar-refractivity contribution in [1.82, 2.24) is 4.90 Å². The second-order valence-electron chi connectivity index (χ2n) is 8.85. The number of aryl methyl sites for hydroxylation is 1. The summed E-state index contributed by atoms with van der Waals surface area (Å²) in [6.45, 7) is 3.36. The van der Waals surface area contributed by atoms with Crippen molar-refractivity contribution in [3.63, 3.8) is 0 Å². The lowest BCUT2D eigenvalue weighted by Gasteiger charge is -2.42. The van der Waals surface area contributed by atoms with Crippen LogP contribution in [0.2, 0.25) is 0 Å². The van der Waals surface area contributed by atoms with E-state index in [2.05, 4.69) is 10.2 Å². The zero-order valence-electron chi connectivity index (χ0n) is 19.2. The van der Waals surface area contributed by atoms with Crippen LogP contribution in [0.4, 0.5) is 11.4 Å². The number of aliphatic hydroxyl groups is 1. The number of rotatable bonds is 7. The van der Waals surface area contributed by atoms with Crippen LogP contribution >= 0.6 is 0 Å². The second-order valence-corrected chi connectivity index (χ2v) is 8.85. The van der Waals surface area contributed by atoms with Gasteiger partial charge in [0.25, 0.3) is 5.69 Å². The van der Waals surface area contributed by atoms with E-state index in [0.29, 0.717) is 24.3 Å². The third kappa shape index (κ3) is 5.00. The molecule has 1 fully saturated rings. The van der Waals surface area contributed by atoms with E-state index in [4.69, 9.17) is 0 Å². The molecule has 4 rings (SSSR count). The van der Waals surface area contributed by atoms with Gasteiger partial charge < -0.3 is 10.4 Å². The van der Waals surface area contributed by atoms with E-state index in [1.165, 1.54) is 12.1 Å². The molecule has 34 heavy (non-hydrogen) atoms. The van der Waals surface area contributed by atoms with Crippen molar-refractivity contribution in [3.8, 4) is 0 Å². The summed E-state index contributed by atoms with van der Waals surface area (Å²) in [5, 5.41) is 25.8. The Balaban J connectivity index is 1.41. The fraction of sp³-hybridized carbons (Fsp3) is 0.296. The molecule has 3 aromatic carbocycles. The third-order valence-corrected chi connectivity index (χ3v) is 6.67. The maximum atomic E-state index is 12.6. The summed E-state index contributed by atoms with van der Waals surface area (Å²) in [4.78, 5) is 25.2. The van der Waals surface area contributed by atoms with Crippen LogP contribution in [0, 0.1) is 23.0 Å². The molecular formula is C27H29N3O4. The molecule has 3 aromatic rings. The Labute approximate surface area is 199 Å². The number of benzene rings is 3. The number of carbonyl (C=O) groups excluding carboxylic acids is 1. The average molecular weight is 460 g/mol. The zero-order chi connectivity index (χ0) is 24.1. The molecule has 0 saturated carbocycles. The second kappa shape index (κ2) is 10.2. The number of nitrogens with one attached hydrogen (secondary N) is 1. The van der Waals surface area contributed by atoms with E-state index in [1.54, 1.807) is 13.0 Å². The Morgan fingerprint density at radius 1 is 1.03 bits per heavy atom.